The van der Waals surface area contributed by atoms with Crippen molar-refractivity contribution in [1.29, 1.82) is 0 Å². The van der Waals surface area contributed by atoms with Gasteiger partial charge in [-0.2, -0.15) is 0 Å². The van der Waals surface area contributed by atoms with Crippen molar-refractivity contribution in [2.45, 2.75) is 20.3 Å². The van der Waals surface area contributed by atoms with Gasteiger partial charge in [-0.1, -0.05) is 25.1 Å². The molecule has 0 aliphatic heterocycles. The van der Waals surface area contributed by atoms with E-state index in [0.717, 1.165) is 27.7 Å². The van der Waals surface area contributed by atoms with Crippen LogP contribution < -0.4 is 5.32 Å². The highest BCUT2D eigenvalue weighted by molar-refractivity contribution is 9.10. The number of nitrogens with one attached hydrogen (secondary N) is 1. The predicted octanol–water partition coefficient (Wildman–Crippen LogP) is 3.97. The average molecular weight is 319 g/mol. The van der Waals surface area contributed by atoms with Crippen molar-refractivity contribution in [3.63, 3.8) is 0 Å². The molecule has 1 aromatic carbocycles. The summed E-state index contributed by atoms with van der Waals surface area (Å²) in [6.45, 7) is 4.06. The molecule has 19 heavy (non-hydrogen) atoms. The molecular formula is C15H15BrN2O. The molecule has 1 amide bonds. The van der Waals surface area contributed by atoms with Gasteiger partial charge in [-0.05, 0) is 52.5 Å². The molecule has 0 unspecified atom stereocenters. The smallest absolute Gasteiger partial charge is 0.274 e. The van der Waals surface area contributed by atoms with E-state index in [0.29, 0.717) is 5.69 Å². The second kappa shape index (κ2) is 5.97. The van der Waals surface area contributed by atoms with Crippen molar-refractivity contribution >= 4 is 27.5 Å². The van der Waals surface area contributed by atoms with E-state index in [9.17, 15) is 4.79 Å². The molecule has 0 radical (unpaired) electrons. The summed E-state index contributed by atoms with van der Waals surface area (Å²) >= 11 is 3.30. The van der Waals surface area contributed by atoms with Crippen LogP contribution >= 0.6 is 15.9 Å². The third-order valence-electron chi connectivity index (χ3n) is 2.94. The van der Waals surface area contributed by atoms with Crippen LogP contribution in [0.25, 0.3) is 0 Å². The topological polar surface area (TPSA) is 42.0 Å². The number of carbonyl (C=O) groups is 1. The first-order valence-corrected chi connectivity index (χ1v) is 6.92. The van der Waals surface area contributed by atoms with Crippen molar-refractivity contribution in [1.82, 2.24) is 4.98 Å². The van der Waals surface area contributed by atoms with Crippen LogP contribution in [0.1, 0.15) is 28.5 Å². The number of anilines is 1. The van der Waals surface area contributed by atoms with Crippen LogP contribution in [-0.4, -0.2) is 10.9 Å². The van der Waals surface area contributed by atoms with Crippen LogP contribution in [0.4, 0.5) is 5.69 Å². The lowest BCUT2D eigenvalue weighted by Crippen LogP contribution is -2.15. The molecule has 1 heterocycles. The standard InChI is InChI=1S/C15H15BrN2O/c1-3-11-6-4-5-10(2)14(11)18-15(19)13-8-7-12(16)9-17-13/h4-9H,3H2,1-2H3,(H,18,19). The summed E-state index contributed by atoms with van der Waals surface area (Å²) in [4.78, 5) is 16.3. The fourth-order valence-electron chi connectivity index (χ4n) is 1.89. The van der Waals surface area contributed by atoms with Gasteiger partial charge in [0.05, 0.1) is 0 Å². The summed E-state index contributed by atoms with van der Waals surface area (Å²) in [6.07, 6.45) is 2.50. The molecule has 1 aromatic heterocycles. The van der Waals surface area contributed by atoms with Crippen LogP contribution in [0.15, 0.2) is 41.0 Å². The maximum absolute atomic E-state index is 12.2. The third kappa shape index (κ3) is 3.20. The Hall–Kier alpha value is -1.68. The highest BCUT2D eigenvalue weighted by Crippen LogP contribution is 2.21. The lowest BCUT2D eigenvalue weighted by molar-refractivity contribution is 0.102. The normalized spacial score (nSPS) is 10.3. The molecule has 0 aliphatic carbocycles. The van der Waals surface area contributed by atoms with Crippen LogP contribution in [0.2, 0.25) is 0 Å². The van der Waals surface area contributed by atoms with E-state index in [2.05, 4.69) is 33.2 Å². The Labute approximate surface area is 121 Å². The lowest BCUT2D eigenvalue weighted by atomic mass is 10.1. The number of aromatic nitrogens is 1. The third-order valence-corrected chi connectivity index (χ3v) is 3.41. The highest BCUT2D eigenvalue weighted by atomic mass is 79.9. The minimum atomic E-state index is -0.184. The summed E-state index contributed by atoms with van der Waals surface area (Å²) in [6, 6.07) is 9.52. The monoisotopic (exact) mass is 318 g/mol. The SMILES string of the molecule is CCc1cccc(C)c1NC(=O)c1ccc(Br)cn1. The van der Waals surface area contributed by atoms with Gasteiger partial charge in [-0.3, -0.25) is 4.79 Å². The summed E-state index contributed by atoms with van der Waals surface area (Å²) in [7, 11) is 0. The van der Waals surface area contributed by atoms with E-state index >= 15 is 0 Å². The van der Waals surface area contributed by atoms with Gasteiger partial charge in [0.25, 0.3) is 5.91 Å². The van der Waals surface area contributed by atoms with E-state index in [1.54, 1.807) is 18.3 Å². The molecule has 0 spiro atoms. The Morgan fingerprint density at radius 2 is 2.11 bits per heavy atom. The number of carbonyl (C=O) groups excluding carboxylic acids is 1. The zero-order chi connectivity index (χ0) is 13.8. The van der Waals surface area contributed by atoms with Crippen LogP contribution in [-0.2, 0) is 6.42 Å². The van der Waals surface area contributed by atoms with Gasteiger partial charge < -0.3 is 5.32 Å². The van der Waals surface area contributed by atoms with E-state index in [4.69, 9.17) is 0 Å². The zero-order valence-electron chi connectivity index (χ0n) is 10.9. The zero-order valence-corrected chi connectivity index (χ0v) is 12.5. The minimum Gasteiger partial charge on any atom is -0.320 e. The second-order valence-electron chi connectivity index (χ2n) is 4.28. The number of rotatable bonds is 3. The fourth-order valence-corrected chi connectivity index (χ4v) is 2.12. The van der Waals surface area contributed by atoms with Gasteiger partial charge in [0.2, 0.25) is 0 Å². The maximum atomic E-state index is 12.2. The van der Waals surface area contributed by atoms with Crippen molar-refractivity contribution in [2.75, 3.05) is 5.32 Å². The first kappa shape index (κ1) is 13.7. The Morgan fingerprint density at radius 3 is 2.74 bits per heavy atom. The van der Waals surface area contributed by atoms with Crippen LogP contribution in [0.5, 0.6) is 0 Å². The van der Waals surface area contributed by atoms with Crippen molar-refractivity contribution in [2.24, 2.45) is 0 Å². The fraction of sp³-hybridized carbons (Fsp3) is 0.200. The summed E-state index contributed by atoms with van der Waals surface area (Å²) in [5, 5.41) is 2.95. The Bertz CT molecular complexity index is 594. The van der Waals surface area contributed by atoms with Crippen molar-refractivity contribution < 1.29 is 4.79 Å². The van der Waals surface area contributed by atoms with Crippen molar-refractivity contribution in [3.05, 3.63) is 57.8 Å². The summed E-state index contributed by atoms with van der Waals surface area (Å²) in [5.74, 6) is -0.184. The first-order chi connectivity index (χ1) is 9.11. The van der Waals surface area contributed by atoms with Crippen LogP contribution in [0, 0.1) is 6.92 Å². The van der Waals surface area contributed by atoms with E-state index in [-0.39, 0.29) is 5.91 Å². The molecule has 0 bridgehead atoms. The molecular weight excluding hydrogens is 304 g/mol. The number of pyridine rings is 1. The second-order valence-corrected chi connectivity index (χ2v) is 5.19. The molecule has 0 saturated heterocycles. The lowest BCUT2D eigenvalue weighted by Gasteiger charge is -2.12. The Kier molecular flexibility index (Phi) is 4.32. The number of benzene rings is 1. The highest BCUT2D eigenvalue weighted by Gasteiger charge is 2.11. The molecule has 2 aromatic rings. The van der Waals surface area contributed by atoms with Gasteiger partial charge in [0.15, 0.2) is 0 Å². The molecule has 0 saturated carbocycles. The average Bonchev–Trinajstić information content (AvgIpc) is 2.41. The summed E-state index contributed by atoms with van der Waals surface area (Å²) in [5.41, 5.74) is 3.49. The molecule has 0 aliphatic rings. The van der Waals surface area contributed by atoms with E-state index in [1.165, 1.54) is 0 Å². The summed E-state index contributed by atoms with van der Waals surface area (Å²) < 4.78 is 0.856. The Morgan fingerprint density at radius 1 is 1.32 bits per heavy atom. The predicted molar refractivity (Wildman–Crippen MR) is 80.4 cm³/mol. The molecule has 4 heteroatoms. The number of hydrogen-bond acceptors (Lipinski definition) is 2. The molecule has 2 rings (SSSR count). The van der Waals surface area contributed by atoms with Gasteiger partial charge in [-0.15, -0.1) is 0 Å². The maximum Gasteiger partial charge on any atom is 0.274 e. The van der Waals surface area contributed by atoms with E-state index in [1.807, 2.05) is 25.1 Å². The van der Waals surface area contributed by atoms with Gasteiger partial charge >= 0.3 is 0 Å². The van der Waals surface area contributed by atoms with E-state index < -0.39 is 0 Å². The number of halogens is 1. The number of para-hydroxylation sites is 1. The van der Waals surface area contributed by atoms with Crippen LogP contribution in [0.3, 0.4) is 0 Å². The van der Waals surface area contributed by atoms with Gasteiger partial charge in [-0.25, -0.2) is 4.98 Å². The molecule has 3 nitrogen and oxygen atoms in total. The number of hydrogen-bond donors (Lipinski definition) is 1. The molecule has 98 valence electrons. The largest absolute Gasteiger partial charge is 0.320 e. The number of aryl methyl sites for hydroxylation is 2. The van der Waals surface area contributed by atoms with Gasteiger partial charge in [0.1, 0.15) is 5.69 Å². The quantitative estimate of drug-likeness (QED) is 0.930. The van der Waals surface area contributed by atoms with Crippen molar-refractivity contribution in [3.8, 4) is 0 Å². The van der Waals surface area contributed by atoms with Gasteiger partial charge in [0, 0.05) is 16.4 Å². The number of nitrogens with zero attached hydrogens (tertiary/aromatic N) is 1. The minimum absolute atomic E-state index is 0.184. The Balaban J connectivity index is 2.26. The molecule has 0 atom stereocenters. The molecule has 0 fully saturated rings. The first-order valence-electron chi connectivity index (χ1n) is 6.13. The molecule has 1 N–H and O–H groups in total. The number of amides is 1.